The van der Waals surface area contributed by atoms with Crippen molar-refractivity contribution in [3.05, 3.63) is 71.4 Å². The van der Waals surface area contributed by atoms with Crippen LogP contribution < -0.4 is 9.04 Å². The van der Waals surface area contributed by atoms with E-state index in [1.807, 2.05) is 31.4 Å². The van der Waals surface area contributed by atoms with Gasteiger partial charge in [0.1, 0.15) is 16.8 Å². The highest BCUT2D eigenvalue weighted by atomic mass is 32.2. The largest absolute Gasteiger partial charge is 0.437 e. The maximum absolute atomic E-state index is 13.0. The molecule has 4 aromatic rings. The van der Waals surface area contributed by atoms with E-state index in [1.54, 1.807) is 43.4 Å². The number of nitrogens with zero attached hydrogens (tertiary/aromatic N) is 3. The zero-order chi connectivity index (χ0) is 20.6. The van der Waals surface area contributed by atoms with Crippen molar-refractivity contribution >= 4 is 37.3 Å². The van der Waals surface area contributed by atoms with Crippen molar-refractivity contribution in [1.82, 2.24) is 9.97 Å². The van der Waals surface area contributed by atoms with Crippen molar-refractivity contribution in [2.45, 2.75) is 18.7 Å². The average Bonchev–Trinajstić information content (AvgIpc) is 3.20. The molecule has 8 heteroatoms. The smallest absolute Gasteiger partial charge is 0.264 e. The van der Waals surface area contributed by atoms with Gasteiger partial charge < -0.3 is 4.74 Å². The number of hydrogen-bond acceptors (Lipinski definition) is 6. The monoisotopic (exact) mass is 425 g/mol. The van der Waals surface area contributed by atoms with Gasteiger partial charge in [0.05, 0.1) is 16.1 Å². The summed E-state index contributed by atoms with van der Waals surface area (Å²) in [5.41, 5.74) is 3.36. The number of ether oxygens (including phenoxy) is 1. The van der Waals surface area contributed by atoms with Crippen LogP contribution in [0, 0.1) is 13.8 Å². The molecule has 0 atom stereocenters. The minimum absolute atomic E-state index is 0.268. The van der Waals surface area contributed by atoms with E-state index in [2.05, 4.69) is 9.97 Å². The molecule has 0 bridgehead atoms. The summed E-state index contributed by atoms with van der Waals surface area (Å²) in [6.07, 6.45) is 1.46. The lowest BCUT2D eigenvalue weighted by Crippen LogP contribution is -2.26. The second-order valence-corrected chi connectivity index (χ2v) is 9.51. The summed E-state index contributed by atoms with van der Waals surface area (Å²) in [5.74, 6) is 1.05. The van der Waals surface area contributed by atoms with Crippen LogP contribution in [0.3, 0.4) is 0 Å². The fourth-order valence-corrected chi connectivity index (χ4v) is 4.90. The number of hydrogen-bond donors (Lipinski definition) is 0. The normalized spacial score (nSPS) is 11.6. The number of rotatable bonds is 5. The molecule has 29 heavy (non-hydrogen) atoms. The Kier molecular flexibility index (Phi) is 4.97. The van der Waals surface area contributed by atoms with E-state index >= 15 is 0 Å². The zero-order valence-electron chi connectivity index (χ0n) is 16.2. The van der Waals surface area contributed by atoms with Crippen molar-refractivity contribution in [2.24, 2.45) is 0 Å². The highest BCUT2D eigenvalue weighted by Crippen LogP contribution is 2.32. The maximum Gasteiger partial charge on any atom is 0.264 e. The Morgan fingerprint density at radius 2 is 1.72 bits per heavy atom. The molecule has 0 unspecified atom stereocenters. The van der Waals surface area contributed by atoms with Crippen LogP contribution in [-0.2, 0) is 10.0 Å². The lowest BCUT2D eigenvalue weighted by atomic mass is 10.1. The molecule has 0 aliphatic rings. The third-order valence-electron chi connectivity index (χ3n) is 4.76. The van der Waals surface area contributed by atoms with Crippen LogP contribution in [0.2, 0.25) is 0 Å². The molecular formula is C21H19N3O3S2. The lowest BCUT2D eigenvalue weighted by molar-refractivity contribution is 0.469. The molecule has 4 rings (SSSR count). The first-order valence-corrected chi connectivity index (χ1v) is 11.2. The maximum atomic E-state index is 13.0. The van der Waals surface area contributed by atoms with E-state index in [0.717, 1.165) is 21.3 Å². The topological polar surface area (TPSA) is 72.4 Å². The molecule has 0 N–H and O–H groups in total. The van der Waals surface area contributed by atoms with E-state index < -0.39 is 10.0 Å². The van der Waals surface area contributed by atoms with E-state index in [1.165, 1.54) is 22.0 Å². The number of aryl methyl sites for hydroxylation is 2. The van der Waals surface area contributed by atoms with Crippen LogP contribution in [0.5, 0.6) is 11.6 Å². The summed E-state index contributed by atoms with van der Waals surface area (Å²) >= 11 is 1.51. The zero-order valence-corrected chi connectivity index (χ0v) is 17.8. The number of fused-ring (bicyclic) bond motifs is 1. The molecule has 0 saturated carbocycles. The molecular weight excluding hydrogens is 406 g/mol. The molecule has 6 nitrogen and oxygen atoms in total. The van der Waals surface area contributed by atoms with Gasteiger partial charge in [-0.25, -0.2) is 18.4 Å². The summed E-state index contributed by atoms with van der Waals surface area (Å²) in [4.78, 5) is 8.66. The van der Waals surface area contributed by atoms with Crippen molar-refractivity contribution in [1.29, 1.82) is 0 Å². The van der Waals surface area contributed by atoms with E-state index in [4.69, 9.17) is 4.74 Å². The highest BCUT2D eigenvalue weighted by molar-refractivity contribution is 7.92. The molecule has 0 fully saturated rings. The quantitative estimate of drug-likeness (QED) is 0.454. The third kappa shape index (κ3) is 3.68. The minimum atomic E-state index is -3.65. The average molecular weight is 426 g/mol. The van der Waals surface area contributed by atoms with Crippen LogP contribution >= 0.6 is 11.3 Å². The van der Waals surface area contributed by atoms with Gasteiger partial charge in [-0.1, -0.05) is 6.07 Å². The number of thiophene rings is 1. The molecule has 2 aromatic heterocycles. The van der Waals surface area contributed by atoms with E-state index in [9.17, 15) is 8.42 Å². The van der Waals surface area contributed by atoms with Crippen LogP contribution in [-0.4, -0.2) is 25.4 Å². The van der Waals surface area contributed by atoms with Gasteiger partial charge in [0, 0.05) is 7.05 Å². The third-order valence-corrected chi connectivity index (χ3v) is 7.44. The molecule has 2 heterocycles. The Balaban J connectivity index is 1.58. The first kappa shape index (κ1) is 19.4. The summed E-state index contributed by atoms with van der Waals surface area (Å²) in [7, 11) is -2.11. The Labute approximate surface area is 173 Å². The highest BCUT2D eigenvalue weighted by Gasteiger charge is 2.22. The first-order valence-electron chi connectivity index (χ1n) is 8.88. The van der Waals surface area contributed by atoms with Crippen LogP contribution in [0.25, 0.3) is 10.2 Å². The molecule has 0 aliphatic carbocycles. The molecule has 0 amide bonds. The van der Waals surface area contributed by atoms with Gasteiger partial charge >= 0.3 is 0 Å². The Morgan fingerprint density at radius 1 is 0.966 bits per heavy atom. The number of sulfonamides is 1. The van der Waals surface area contributed by atoms with Gasteiger partial charge in [0.2, 0.25) is 5.88 Å². The molecule has 0 saturated heterocycles. The summed E-state index contributed by atoms with van der Waals surface area (Å²) in [5, 5.41) is 1.93. The van der Waals surface area contributed by atoms with Crippen molar-refractivity contribution in [3.8, 4) is 11.6 Å². The van der Waals surface area contributed by atoms with Crippen molar-refractivity contribution in [2.75, 3.05) is 11.4 Å². The predicted octanol–water partition coefficient (Wildman–Crippen LogP) is 4.93. The summed E-state index contributed by atoms with van der Waals surface area (Å²) in [6.45, 7) is 3.86. The Hall–Kier alpha value is -2.97. The van der Waals surface area contributed by atoms with E-state index in [-0.39, 0.29) is 4.90 Å². The van der Waals surface area contributed by atoms with Crippen LogP contribution in [0.15, 0.2) is 65.1 Å². The van der Waals surface area contributed by atoms with Gasteiger partial charge in [-0.15, -0.1) is 11.3 Å². The summed E-state index contributed by atoms with van der Waals surface area (Å²) < 4.78 is 33.9. The van der Waals surface area contributed by atoms with Crippen molar-refractivity contribution in [3.63, 3.8) is 0 Å². The number of anilines is 1. The molecule has 148 valence electrons. The molecule has 0 radical (unpaired) electrons. The van der Waals surface area contributed by atoms with Gasteiger partial charge in [0.25, 0.3) is 10.0 Å². The second-order valence-electron chi connectivity index (χ2n) is 6.63. The SMILES string of the molecule is Cc1ccc(S(=O)(=O)N(C)c2ccc(Oc3ncnc4ccsc34)cc2)cc1C. The fourth-order valence-electron chi connectivity index (χ4n) is 2.85. The fraction of sp³-hybridized carbons (Fsp3) is 0.143. The minimum Gasteiger partial charge on any atom is -0.437 e. The van der Waals surface area contributed by atoms with Crippen LogP contribution in [0.1, 0.15) is 11.1 Å². The molecule has 2 aromatic carbocycles. The van der Waals surface area contributed by atoms with Gasteiger partial charge in [-0.3, -0.25) is 4.31 Å². The van der Waals surface area contributed by atoms with Gasteiger partial charge in [-0.05, 0) is 72.8 Å². The van der Waals surface area contributed by atoms with Gasteiger partial charge in [0.15, 0.2) is 0 Å². The first-order chi connectivity index (χ1) is 13.9. The number of benzene rings is 2. The molecule has 0 aliphatic heterocycles. The number of aromatic nitrogens is 2. The standard InChI is InChI=1S/C21H19N3O3S2/c1-14-4-9-18(12-15(14)2)29(25,26)24(3)16-5-7-17(8-6-16)27-21-20-19(10-11-28-20)22-13-23-21/h4-13H,1-3H3. The summed E-state index contributed by atoms with van der Waals surface area (Å²) in [6, 6.07) is 13.9. The van der Waals surface area contributed by atoms with E-state index in [0.29, 0.717) is 17.3 Å². The predicted molar refractivity (Wildman–Crippen MR) is 115 cm³/mol. The lowest BCUT2D eigenvalue weighted by Gasteiger charge is -2.20. The van der Waals surface area contributed by atoms with Crippen molar-refractivity contribution < 1.29 is 13.2 Å². The Morgan fingerprint density at radius 3 is 2.45 bits per heavy atom. The second kappa shape index (κ2) is 7.46. The Bertz CT molecular complexity index is 1280. The van der Waals surface area contributed by atoms with Gasteiger partial charge in [-0.2, -0.15) is 0 Å². The molecule has 0 spiro atoms. The van der Waals surface area contributed by atoms with Crippen LogP contribution in [0.4, 0.5) is 5.69 Å².